The number of likely N-dealkylation sites (N-methyl/N-ethyl adjacent to an activating group) is 1. The Kier molecular flexibility index (Phi) is 4.24. The van der Waals surface area contributed by atoms with E-state index >= 15 is 0 Å². The number of ether oxygens (including phenoxy) is 1. The van der Waals surface area contributed by atoms with E-state index in [0.717, 1.165) is 12.1 Å². The molecule has 1 aromatic carbocycles. The van der Waals surface area contributed by atoms with Crippen LogP contribution in [0.1, 0.15) is 5.82 Å². The Labute approximate surface area is 113 Å². The van der Waals surface area contributed by atoms with Gasteiger partial charge in [-0.15, -0.1) is 0 Å². The van der Waals surface area contributed by atoms with Crippen LogP contribution in [-0.2, 0) is 11.3 Å². The summed E-state index contributed by atoms with van der Waals surface area (Å²) in [6.45, 7) is -0.124. The average Bonchev–Trinajstić information content (AvgIpc) is 2.90. The zero-order chi connectivity index (χ0) is 14.5. The number of rotatable bonds is 5. The zero-order valence-electron chi connectivity index (χ0n) is 10.6. The summed E-state index contributed by atoms with van der Waals surface area (Å²) in [6, 6.07) is 2.88. The van der Waals surface area contributed by atoms with Crippen LogP contribution in [0.15, 0.2) is 24.5 Å². The average molecular weight is 282 g/mol. The molecular formula is C12H12F2N4O2. The van der Waals surface area contributed by atoms with Crippen LogP contribution >= 0.6 is 0 Å². The van der Waals surface area contributed by atoms with Gasteiger partial charge in [0.2, 0.25) is 0 Å². The van der Waals surface area contributed by atoms with Crippen LogP contribution in [0.5, 0.6) is 5.75 Å². The van der Waals surface area contributed by atoms with Crippen molar-refractivity contribution in [1.29, 1.82) is 0 Å². The number of hydrogen-bond donors (Lipinski definition) is 1. The third-order valence-corrected chi connectivity index (χ3v) is 2.52. The molecule has 0 atom stereocenters. The molecule has 0 saturated carbocycles. The summed E-state index contributed by atoms with van der Waals surface area (Å²) in [4.78, 5) is 17.0. The lowest BCUT2D eigenvalue weighted by atomic mass is 10.3. The van der Waals surface area contributed by atoms with Gasteiger partial charge >= 0.3 is 0 Å². The number of nitrogens with one attached hydrogen (secondary N) is 1. The van der Waals surface area contributed by atoms with Gasteiger partial charge in [0.15, 0.2) is 18.2 Å². The molecule has 106 valence electrons. The number of H-pyrrole nitrogens is 1. The summed E-state index contributed by atoms with van der Waals surface area (Å²) >= 11 is 0. The van der Waals surface area contributed by atoms with E-state index in [-0.39, 0.29) is 24.8 Å². The number of nitrogens with zero attached hydrogens (tertiary/aromatic N) is 3. The van der Waals surface area contributed by atoms with Crippen molar-refractivity contribution >= 4 is 5.91 Å². The van der Waals surface area contributed by atoms with Crippen LogP contribution in [0.3, 0.4) is 0 Å². The van der Waals surface area contributed by atoms with E-state index in [2.05, 4.69) is 15.2 Å². The van der Waals surface area contributed by atoms with Gasteiger partial charge < -0.3 is 9.64 Å². The highest BCUT2D eigenvalue weighted by atomic mass is 19.1. The lowest BCUT2D eigenvalue weighted by Crippen LogP contribution is -2.31. The molecule has 0 aliphatic carbocycles. The number of amides is 1. The van der Waals surface area contributed by atoms with Gasteiger partial charge in [-0.3, -0.25) is 9.89 Å². The van der Waals surface area contributed by atoms with E-state index in [1.165, 1.54) is 11.2 Å². The van der Waals surface area contributed by atoms with Crippen molar-refractivity contribution in [2.75, 3.05) is 13.7 Å². The number of carbonyl (C=O) groups excluding carboxylic acids is 1. The molecule has 8 heteroatoms. The maximum Gasteiger partial charge on any atom is 0.260 e. The largest absolute Gasteiger partial charge is 0.481 e. The predicted molar refractivity (Wildman–Crippen MR) is 64.7 cm³/mol. The summed E-state index contributed by atoms with van der Waals surface area (Å²) in [6.07, 6.45) is 1.33. The quantitative estimate of drug-likeness (QED) is 0.892. The topological polar surface area (TPSA) is 71.1 Å². The third kappa shape index (κ3) is 3.50. The van der Waals surface area contributed by atoms with Crippen LogP contribution in [0.2, 0.25) is 0 Å². The van der Waals surface area contributed by atoms with E-state index in [1.54, 1.807) is 7.05 Å². The smallest absolute Gasteiger partial charge is 0.260 e. The number of hydrogen-bond acceptors (Lipinski definition) is 4. The maximum atomic E-state index is 13.3. The molecule has 6 nitrogen and oxygen atoms in total. The molecule has 1 amide bonds. The fourth-order valence-corrected chi connectivity index (χ4v) is 1.46. The molecule has 0 aliphatic heterocycles. The third-order valence-electron chi connectivity index (χ3n) is 2.52. The molecule has 0 spiro atoms. The van der Waals surface area contributed by atoms with Crippen molar-refractivity contribution in [2.24, 2.45) is 0 Å². The Bertz CT molecular complexity index is 589. The Balaban J connectivity index is 1.88. The summed E-state index contributed by atoms with van der Waals surface area (Å²) in [7, 11) is 1.55. The summed E-state index contributed by atoms with van der Waals surface area (Å²) in [5, 5.41) is 6.27. The summed E-state index contributed by atoms with van der Waals surface area (Å²) in [5.41, 5.74) is 0. The molecule has 20 heavy (non-hydrogen) atoms. The van der Waals surface area contributed by atoms with Crippen LogP contribution in [0.25, 0.3) is 0 Å². The summed E-state index contributed by atoms with van der Waals surface area (Å²) in [5.74, 6) is -1.58. The van der Waals surface area contributed by atoms with Gasteiger partial charge in [0, 0.05) is 13.1 Å². The summed E-state index contributed by atoms with van der Waals surface area (Å²) < 4.78 is 31.0. The van der Waals surface area contributed by atoms with Crippen molar-refractivity contribution in [1.82, 2.24) is 20.1 Å². The Morgan fingerprint density at radius 1 is 1.45 bits per heavy atom. The molecule has 1 N–H and O–H groups in total. The highest BCUT2D eigenvalue weighted by molar-refractivity contribution is 5.77. The fourth-order valence-electron chi connectivity index (χ4n) is 1.46. The van der Waals surface area contributed by atoms with E-state index in [9.17, 15) is 13.6 Å². The minimum Gasteiger partial charge on any atom is -0.481 e. The first-order chi connectivity index (χ1) is 9.56. The fraction of sp³-hybridized carbons (Fsp3) is 0.250. The molecular weight excluding hydrogens is 270 g/mol. The maximum absolute atomic E-state index is 13.3. The Hall–Kier alpha value is -2.51. The second-order valence-corrected chi connectivity index (χ2v) is 4.05. The molecule has 1 heterocycles. The van der Waals surface area contributed by atoms with E-state index in [4.69, 9.17) is 4.74 Å². The number of carbonyl (C=O) groups is 1. The van der Waals surface area contributed by atoms with Gasteiger partial charge in [0.05, 0.1) is 6.54 Å². The van der Waals surface area contributed by atoms with Gasteiger partial charge in [-0.25, -0.2) is 13.8 Å². The number of aromatic amines is 1. The van der Waals surface area contributed by atoms with E-state index in [1.807, 2.05) is 0 Å². The second-order valence-electron chi connectivity index (χ2n) is 4.05. The van der Waals surface area contributed by atoms with E-state index < -0.39 is 11.6 Å². The predicted octanol–water partition coefficient (Wildman–Crippen LogP) is 1.12. The molecule has 0 radical (unpaired) electrons. The lowest BCUT2D eigenvalue weighted by Gasteiger charge is -2.16. The van der Waals surface area contributed by atoms with Gasteiger partial charge in [-0.05, 0) is 12.1 Å². The van der Waals surface area contributed by atoms with Crippen molar-refractivity contribution in [3.05, 3.63) is 42.0 Å². The van der Waals surface area contributed by atoms with Crippen molar-refractivity contribution in [2.45, 2.75) is 6.54 Å². The Morgan fingerprint density at radius 3 is 2.90 bits per heavy atom. The minimum absolute atomic E-state index is 0.173. The number of aromatic nitrogens is 3. The molecule has 0 bridgehead atoms. The molecule has 0 saturated heterocycles. The minimum atomic E-state index is -0.851. The number of benzene rings is 1. The van der Waals surface area contributed by atoms with Gasteiger partial charge in [-0.1, -0.05) is 0 Å². The second kappa shape index (κ2) is 6.09. The van der Waals surface area contributed by atoms with Gasteiger partial charge in [-0.2, -0.15) is 5.10 Å². The van der Waals surface area contributed by atoms with Crippen LogP contribution in [-0.4, -0.2) is 39.6 Å². The van der Waals surface area contributed by atoms with Crippen molar-refractivity contribution in [3.63, 3.8) is 0 Å². The van der Waals surface area contributed by atoms with Crippen molar-refractivity contribution < 1.29 is 18.3 Å². The molecule has 0 aliphatic rings. The standard InChI is InChI=1S/C12H12F2N4O2/c1-18(5-11-15-7-16-17-11)12(19)6-20-10-3-2-8(13)4-9(10)14/h2-4,7H,5-6H2,1H3,(H,15,16,17). The lowest BCUT2D eigenvalue weighted by molar-refractivity contribution is -0.132. The first-order valence-corrected chi connectivity index (χ1v) is 5.72. The zero-order valence-corrected chi connectivity index (χ0v) is 10.6. The van der Waals surface area contributed by atoms with Crippen LogP contribution in [0.4, 0.5) is 8.78 Å². The SMILES string of the molecule is CN(Cc1ncn[nH]1)C(=O)COc1ccc(F)cc1F. The molecule has 0 unspecified atom stereocenters. The first-order valence-electron chi connectivity index (χ1n) is 5.72. The first kappa shape index (κ1) is 13.9. The monoisotopic (exact) mass is 282 g/mol. The molecule has 1 aromatic heterocycles. The molecule has 2 aromatic rings. The normalized spacial score (nSPS) is 10.3. The van der Waals surface area contributed by atoms with Crippen LogP contribution < -0.4 is 4.74 Å². The molecule has 2 rings (SSSR count). The van der Waals surface area contributed by atoms with Gasteiger partial charge in [0.1, 0.15) is 18.0 Å². The highest BCUT2D eigenvalue weighted by Crippen LogP contribution is 2.17. The molecule has 0 fully saturated rings. The van der Waals surface area contributed by atoms with Crippen molar-refractivity contribution in [3.8, 4) is 5.75 Å². The number of halogens is 2. The Morgan fingerprint density at radius 2 is 2.25 bits per heavy atom. The van der Waals surface area contributed by atoms with E-state index in [0.29, 0.717) is 11.9 Å². The van der Waals surface area contributed by atoms with Crippen LogP contribution in [0, 0.1) is 11.6 Å². The highest BCUT2D eigenvalue weighted by Gasteiger charge is 2.13. The van der Waals surface area contributed by atoms with Gasteiger partial charge in [0.25, 0.3) is 5.91 Å².